The first-order valence-corrected chi connectivity index (χ1v) is 9.71. The normalized spacial score (nSPS) is 12.8. The highest BCUT2D eigenvalue weighted by Gasteiger charge is 2.26. The number of nitro groups is 1. The number of nitrogens with zero attached hydrogens (tertiary/aromatic N) is 3. The van der Waals surface area contributed by atoms with Gasteiger partial charge in [-0.1, -0.05) is 19.9 Å². The largest absolute Gasteiger partial charge is 0.371 e. The Morgan fingerprint density at radius 2 is 1.92 bits per heavy atom. The molecular formula is C17H22N4O4S. The average Bonchev–Trinajstić information content (AvgIpc) is 2.63. The number of hydrogen-bond acceptors (Lipinski definition) is 6. The Morgan fingerprint density at radius 1 is 1.23 bits per heavy atom. The second-order valence-electron chi connectivity index (χ2n) is 5.65. The second-order valence-corrected chi connectivity index (χ2v) is 7.58. The molecule has 1 atom stereocenters. The van der Waals surface area contributed by atoms with Gasteiger partial charge in [-0.25, -0.2) is 8.42 Å². The molecule has 0 aliphatic carbocycles. The number of hydrogen-bond donors (Lipinski definition) is 1. The van der Waals surface area contributed by atoms with Crippen molar-refractivity contribution in [2.45, 2.75) is 31.7 Å². The van der Waals surface area contributed by atoms with Crippen molar-refractivity contribution in [3.8, 4) is 0 Å². The van der Waals surface area contributed by atoms with Crippen molar-refractivity contribution in [3.05, 3.63) is 58.4 Å². The van der Waals surface area contributed by atoms with Gasteiger partial charge in [0.25, 0.3) is 5.69 Å². The summed E-state index contributed by atoms with van der Waals surface area (Å²) in [6, 6.07) is 9.05. The first-order chi connectivity index (χ1) is 12.3. The van der Waals surface area contributed by atoms with Crippen molar-refractivity contribution in [1.82, 2.24) is 9.29 Å². The van der Waals surface area contributed by atoms with Crippen LogP contribution < -0.4 is 5.32 Å². The van der Waals surface area contributed by atoms with Crippen LogP contribution in [0, 0.1) is 10.1 Å². The lowest BCUT2D eigenvalue weighted by atomic mass is 10.2. The van der Waals surface area contributed by atoms with Crippen molar-refractivity contribution < 1.29 is 13.3 Å². The molecule has 1 N–H and O–H groups in total. The number of anilines is 1. The molecule has 0 saturated carbocycles. The third-order valence-corrected chi connectivity index (χ3v) is 6.06. The summed E-state index contributed by atoms with van der Waals surface area (Å²) in [5, 5.41) is 14.5. The van der Waals surface area contributed by atoms with Crippen molar-refractivity contribution in [2.24, 2.45) is 0 Å². The number of aromatic nitrogens is 1. The number of nitro benzene ring substituents is 1. The molecule has 0 fully saturated rings. The van der Waals surface area contributed by atoms with E-state index in [4.69, 9.17) is 0 Å². The maximum absolute atomic E-state index is 12.6. The van der Waals surface area contributed by atoms with Crippen LogP contribution in [-0.4, -0.2) is 35.7 Å². The highest BCUT2D eigenvalue weighted by molar-refractivity contribution is 7.89. The number of sulfonamides is 1. The first-order valence-electron chi connectivity index (χ1n) is 8.27. The van der Waals surface area contributed by atoms with Gasteiger partial charge in [0.15, 0.2) is 0 Å². The molecule has 2 aromatic rings. The molecule has 2 rings (SSSR count). The van der Waals surface area contributed by atoms with Gasteiger partial charge in [0.2, 0.25) is 10.0 Å². The Bertz CT molecular complexity index is 868. The van der Waals surface area contributed by atoms with Crippen LogP contribution in [0.1, 0.15) is 32.5 Å². The van der Waals surface area contributed by atoms with Crippen LogP contribution in [0.2, 0.25) is 0 Å². The molecule has 0 bridgehead atoms. The summed E-state index contributed by atoms with van der Waals surface area (Å²) in [5.74, 6) is 0. The van der Waals surface area contributed by atoms with E-state index in [9.17, 15) is 18.5 Å². The first kappa shape index (κ1) is 19.8. The van der Waals surface area contributed by atoms with Gasteiger partial charge in [0.1, 0.15) is 5.69 Å². The SMILES string of the molecule is CCN(CC)S(=O)(=O)c1ccc(N[C@@H](C)c2ccccn2)c([N+](=O)[O-])c1. The van der Waals surface area contributed by atoms with Gasteiger partial charge in [-0.2, -0.15) is 4.31 Å². The minimum Gasteiger partial charge on any atom is -0.371 e. The van der Waals surface area contributed by atoms with Crippen molar-refractivity contribution >= 4 is 21.4 Å². The summed E-state index contributed by atoms with van der Waals surface area (Å²) in [6.45, 7) is 5.86. The van der Waals surface area contributed by atoms with E-state index in [1.54, 1.807) is 26.1 Å². The molecule has 0 spiro atoms. The summed E-state index contributed by atoms with van der Waals surface area (Å²) in [4.78, 5) is 15.0. The molecule has 140 valence electrons. The van der Waals surface area contributed by atoms with Crippen LogP contribution >= 0.6 is 0 Å². The Morgan fingerprint density at radius 3 is 2.46 bits per heavy atom. The lowest BCUT2D eigenvalue weighted by molar-refractivity contribution is -0.384. The minimum atomic E-state index is -3.77. The molecule has 9 heteroatoms. The van der Waals surface area contributed by atoms with Gasteiger partial charge >= 0.3 is 0 Å². The Kier molecular flexibility index (Phi) is 6.27. The van der Waals surface area contributed by atoms with E-state index in [-0.39, 0.29) is 22.3 Å². The Balaban J connectivity index is 2.40. The van der Waals surface area contributed by atoms with Gasteiger partial charge in [-0.15, -0.1) is 0 Å². The maximum Gasteiger partial charge on any atom is 0.293 e. The van der Waals surface area contributed by atoms with E-state index in [1.165, 1.54) is 16.4 Å². The third kappa shape index (κ3) is 4.17. The van der Waals surface area contributed by atoms with Gasteiger partial charge in [0, 0.05) is 25.4 Å². The molecule has 0 radical (unpaired) electrons. The molecule has 1 aromatic carbocycles. The predicted octanol–water partition coefficient (Wildman–Crippen LogP) is 3.19. The monoisotopic (exact) mass is 378 g/mol. The van der Waals surface area contributed by atoms with Gasteiger partial charge in [-0.05, 0) is 31.2 Å². The Labute approximate surface area is 153 Å². The topological polar surface area (TPSA) is 105 Å². The molecule has 26 heavy (non-hydrogen) atoms. The number of nitrogens with one attached hydrogen (secondary N) is 1. The van der Waals surface area contributed by atoms with Gasteiger partial charge in [-0.3, -0.25) is 15.1 Å². The van der Waals surface area contributed by atoms with Gasteiger partial charge in [0.05, 0.1) is 21.6 Å². The maximum atomic E-state index is 12.6. The summed E-state index contributed by atoms with van der Waals surface area (Å²) in [6.07, 6.45) is 1.64. The van der Waals surface area contributed by atoms with E-state index in [0.29, 0.717) is 13.1 Å². The van der Waals surface area contributed by atoms with E-state index in [0.717, 1.165) is 11.8 Å². The van der Waals surface area contributed by atoms with Crippen LogP contribution in [-0.2, 0) is 10.0 Å². The fourth-order valence-corrected chi connectivity index (χ4v) is 4.08. The Hall–Kier alpha value is -2.52. The zero-order chi connectivity index (χ0) is 19.3. The summed E-state index contributed by atoms with van der Waals surface area (Å²) in [7, 11) is -3.77. The molecule has 0 saturated heterocycles. The average molecular weight is 378 g/mol. The molecule has 1 heterocycles. The molecule has 8 nitrogen and oxygen atoms in total. The molecular weight excluding hydrogens is 356 g/mol. The van der Waals surface area contributed by atoms with Crippen molar-refractivity contribution in [1.29, 1.82) is 0 Å². The quantitative estimate of drug-likeness (QED) is 0.558. The molecule has 0 aliphatic heterocycles. The zero-order valence-corrected chi connectivity index (χ0v) is 15.7. The summed E-state index contributed by atoms with van der Waals surface area (Å²) in [5.41, 5.74) is 0.675. The van der Waals surface area contributed by atoms with Gasteiger partial charge < -0.3 is 5.32 Å². The van der Waals surface area contributed by atoms with E-state index in [1.807, 2.05) is 19.1 Å². The lowest BCUT2D eigenvalue weighted by Gasteiger charge is -2.19. The van der Waals surface area contributed by atoms with Crippen LogP contribution in [0.4, 0.5) is 11.4 Å². The predicted molar refractivity (Wildman–Crippen MR) is 99.5 cm³/mol. The second kappa shape index (κ2) is 8.24. The van der Waals surface area contributed by atoms with Crippen LogP contribution in [0.15, 0.2) is 47.5 Å². The fourth-order valence-electron chi connectivity index (χ4n) is 2.60. The molecule has 0 aliphatic rings. The van der Waals surface area contributed by atoms with E-state index in [2.05, 4.69) is 10.3 Å². The highest BCUT2D eigenvalue weighted by atomic mass is 32.2. The molecule has 0 amide bonds. The standard InChI is InChI=1S/C17H22N4O4S/c1-4-20(5-2)26(24,25)14-9-10-16(17(12-14)21(22)23)19-13(3)15-8-6-7-11-18-15/h6-13,19H,4-5H2,1-3H3/t13-/m0/s1. The third-order valence-electron chi connectivity index (χ3n) is 4.01. The number of rotatable bonds is 8. The van der Waals surface area contributed by atoms with Crippen molar-refractivity contribution in [3.63, 3.8) is 0 Å². The smallest absolute Gasteiger partial charge is 0.293 e. The molecule has 1 aromatic heterocycles. The minimum absolute atomic E-state index is 0.0936. The fraction of sp³-hybridized carbons (Fsp3) is 0.353. The van der Waals surface area contributed by atoms with E-state index >= 15 is 0 Å². The number of benzene rings is 1. The molecule has 0 unspecified atom stereocenters. The zero-order valence-electron chi connectivity index (χ0n) is 14.9. The lowest BCUT2D eigenvalue weighted by Crippen LogP contribution is -2.30. The highest BCUT2D eigenvalue weighted by Crippen LogP contribution is 2.31. The van der Waals surface area contributed by atoms with Crippen LogP contribution in [0.5, 0.6) is 0 Å². The summed E-state index contributed by atoms with van der Waals surface area (Å²) < 4.78 is 26.5. The van der Waals surface area contributed by atoms with Crippen LogP contribution in [0.25, 0.3) is 0 Å². The van der Waals surface area contributed by atoms with Crippen molar-refractivity contribution in [2.75, 3.05) is 18.4 Å². The number of pyridine rings is 1. The summed E-state index contributed by atoms with van der Waals surface area (Å²) >= 11 is 0. The van der Waals surface area contributed by atoms with Crippen LogP contribution in [0.3, 0.4) is 0 Å². The van der Waals surface area contributed by atoms with E-state index < -0.39 is 14.9 Å².